The predicted octanol–water partition coefficient (Wildman–Crippen LogP) is 3.46. The number of benzene rings is 1. The van der Waals surface area contributed by atoms with Gasteiger partial charge in [-0.05, 0) is 56.5 Å². The molecule has 18 heavy (non-hydrogen) atoms. The van der Waals surface area contributed by atoms with E-state index >= 15 is 0 Å². The maximum Gasteiger partial charge on any atom is 0.0917 e. The number of aliphatic hydroxyl groups is 1. The number of aryl methyl sites for hydroxylation is 2. The Labute approximate surface area is 112 Å². The minimum absolute atomic E-state index is 0.373. The predicted molar refractivity (Wildman–Crippen MR) is 77.9 cm³/mol. The highest BCUT2D eigenvalue weighted by atomic mass is 16.3. The fourth-order valence-electron chi connectivity index (χ4n) is 2.25. The molecule has 0 bridgehead atoms. The fraction of sp³-hybridized carbons (Fsp3) is 0.625. The summed E-state index contributed by atoms with van der Waals surface area (Å²) in [5.74, 6) is 0. The number of nitrogens with zero attached hydrogens (tertiary/aromatic N) is 1. The van der Waals surface area contributed by atoms with Gasteiger partial charge in [0.05, 0.1) is 6.10 Å². The van der Waals surface area contributed by atoms with Crippen LogP contribution in [-0.2, 0) is 0 Å². The molecule has 1 rings (SSSR count). The van der Waals surface area contributed by atoms with Crippen molar-refractivity contribution in [3.8, 4) is 0 Å². The maximum atomic E-state index is 10.3. The van der Waals surface area contributed by atoms with E-state index in [0.29, 0.717) is 0 Å². The SMILES string of the molecule is CCCN(CCC)CC(O)c1ccc(C)c(C)c1. The van der Waals surface area contributed by atoms with Gasteiger partial charge in [-0.25, -0.2) is 0 Å². The first kappa shape index (κ1) is 15.2. The Morgan fingerprint density at radius 3 is 2.17 bits per heavy atom. The molecule has 0 heterocycles. The van der Waals surface area contributed by atoms with Crippen molar-refractivity contribution < 1.29 is 5.11 Å². The van der Waals surface area contributed by atoms with Crippen molar-refractivity contribution in [1.29, 1.82) is 0 Å². The van der Waals surface area contributed by atoms with Crippen LogP contribution in [0.4, 0.5) is 0 Å². The van der Waals surface area contributed by atoms with Gasteiger partial charge in [0, 0.05) is 6.54 Å². The highest BCUT2D eigenvalue weighted by molar-refractivity contribution is 5.31. The molecule has 1 aromatic carbocycles. The van der Waals surface area contributed by atoms with Crippen LogP contribution in [0.1, 0.15) is 49.5 Å². The molecule has 0 aliphatic rings. The molecule has 0 saturated heterocycles. The summed E-state index contributed by atoms with van der Waals surface area (Å²) in [6.45, 7) is 11.4. The van der Waals surface area contributed by atoms with Crippen LogP contribution in [0.5, 0.6) is 0 Å². The van der Waals surface area contributed by atoms with Crippen molar-refractivity contribution in [2.45, 2.75) is 46.6 Å². The first-order valence-corrected chi connectivity index (χ1v) is 7.06. The maximum absolute atomic E-state index is 10.3. The lowest BCUT2D eigenvalue weighted by Gasteiger charge is -2.24. The molecule has 0 radical (unpaired) electrons. The Kier molecular flexibility index (Phi) is 6.37. The summed E-state index contributed by atoms with van der Waals surface area (Å²) in [6, 6.07) is 6.25. The summed E-state index contributed by atoms with van der Waals surface area (Å²) >= 11 is 0. The van der Waals surface area contributed by atoms with E-state index in [-0.39, 0.29) is 6.10 Å². The van der Waals surface area contributed by atoms with Crippen LogP contribution in [0.2, 0.25) is 0 Å². The highest BCUT2D eigenvalue weighted by Gasteiger charge is 2.12. The van der Waals surface area contributed by atoms with Crippen molar-refractivity contribution in [3.05, 3.63) is 34.9 Å². The van der Waals surface area contributed by atoms with Crippen molar-refractivity contribution in [1.82, 2.24) is 4.90 Å². The second-order valence-electron chi connectivity index (χ2n) is 5.16. The average molecular weight is 249 g/mol. The van der Waals surface area contributed by atoms with Crippen LogP contribution >= 0.6 is 0 Å². The lowest BCUT2D eigenvalue weighted by atomic mass is 10.0. The molecular weight excluding hydrogens is 222 g/mol. The van der Waals surface area contributed by atoms with Crippen LogP contribution in [0.15, 0.2) is 18.2 Å². The van der Waals surface area contributed by atoms with Crippen LogP contribution < -0.4 is 0 Å². The summed E-state index contributed by atoms with van der Waals surface area (Å²) in [6.07, 6.45) is 1.90. The molecule has 0 spiro atoms. The van der Waals surface area contributed by atoms with Gasteiger partial charge in [-0.2, -0.15) is 0 Å². The van der Waals surface area contributed by atoms with Crippen molar-refractivity contribution in [3.63, 3.8) is 0 Å². The van der Waals surface area contributed by atoms with E-state index in [9.17, 15) is 5.11 Å². The third kappa shape index (κ3) is 4.43. The molecule has 0 aliphatic carbocycles. The molecule has 0 aromatic heterocycles. The monoisotopic (exact) mass is 249 g/mol. The molecule has 0 fully saturated rings. The van der Waals surface area contributed by atoms with Crippen LogP contribution in [0.25, 0.3) is 0 Å². The molecule has 0 aliphatic heterocycles. The molecular formula is C16H27NO. The lowest BCUT2D eigenvalue weighted by Crippen LogP contribution is -2.30. The van der Waals surface area contributed by atoms with Gasteiger partial charge in [0.1, 0.15) is 0 Å². The number of aliphatic hydroxyl groups excluding tert-OH is 1. The van der Waals surface area contributed by atoms with E-state index in [1.807, 2.05) is 6.07 Å². The van der Waals surface area contributed by atoms with Gasteiger partial charge < -0.3 is 10.0 Å². The third-order valence-corrected chi connectivity index (χ3v) is 3.43. The van der Waals surface area contributed by atoms with Gasteiger partial charge in [-0.1, -0.05) is 32.0 Å². The minimum Gasteiger partial charge on any atom is -0.387 e. The van der Waals surface area contributed by atoms with Gasteiger partial charge in [-0.3, -0.25) is 0 Å². The highest BCUT2D eigenvalue weighted by Crippen LogP contribution is 2.18. The zero-order valence-electron chi connectivity index (χ0n) is 12.2. The average Bonchev–Trinajstić information content (AvgIpc) is 2.33. The summed E-state index contributed by atoms with van der Waals surface area (Å²) in [7, 11) is 0. The van der Waals surface area contributed by atoms with Gasteiger partial charge in [0.25, 0.3) is 0 Å². The van der Waals surface area contributed by atoms with Crippen LogP contribution in [0.3, 0.4) is 0 Å². The molecule has 1 unspecified atom stereocenters. The van der Waals surface area contributed by atoms with Crippen LogP contribution in [-0.4, -0.2) is 29.6 Å². The molecule has 102 valence electrons. The van der Waals surface area contributed by atoms with Crippen molar-refractivity contribution in [2.24, 2.45) is 0 Å². The summed E-state index contributed by atoms with van der Waals surface area (Å²) in [5.41, 5.74) is 3.57. The van der Waals surface area contributed by atoms with E-state index in [0.717, 1.165) is 38.0 Å². The second-order valence-corrected chi connectivity index (χ2v) is 5.16. The summed E-state index contributed by atoms with van der Waals surface area (Å²) in [4.78, 5) is 2.35. The Balaban J connectivity index is 2.67. The van der Waals surface area contributed by atoms with Gasteiger partial charge in [0.15, 0.2) is 0 Å². The Morgan fingerprint density at radius 2 is 1.67 bits per heavy atom. The smallest absolute Gasteiger partial charge is 0.0917 e. The molecule has 2 heteroatoms. The van der Waals surface area contributed by atoms with Gasteiger partial charge >= 0.3 is 0 Å². The largest absolute Gasteiger partial charge is 0.387 e. The van der Waals surface area contributed by atoms with Gasteiger partial charge in [0.2, 0.25) is 0 Å². The van der Waals surface area contributed by atoms with Gasteiger partial charge in [-0.15, -0.1) is 0 Å². The molecule has 1 N–H and O–H groups in total. The van der Waals surface area contributed by atoms with Crippen LogP contribution in [0, 0.1) is 13.8 Å². The van der Waals surface area contributed by atoms with E-state index in [1.165, 1.54) is 11.1 Å². The fourth-order valence-corrected chi connectivity index (χ4v) is 2.25. The molecule has 0 saturated carbocycles. The topological polar surface area (TPSA) is 23.5 Å². The lowest BCUT2D eigenvalue weighted by molar-refractivity contribution is 0.113. The molecule has 1 aromatic rings. The Morgan fingerprint density at radius 1 is 1.06 bits per heavy atom. The van der Waals surface area contributed by atoms with E-state index < -0.39 is 0 Å². The standard InChI is InChI=1S/C16H27NO/c1-5-9-17(10-6-2)12-16(18)15-8-7-13(3)14(4)11-15/h7-8,11,16,18H,5-6,9-10,12H2,1-4H3. The Bertz CT molecular complexity index is 356. The normalized spacial score (nSPS) is 13.0. The summed E-state index contributed by atoms with van der Waals surface area (Å²) < 4.78 is 0. The van der Waals surface area contributed by atoms with Crippen molar-refractivity contribution >= 4 is 0 Å². The Hall–Kier alpha value is -0.860. The van der Waals surface area contributed by atoms with E-state index in [4.69, 9.17) is 0 Å². The second kappa shape index (κ2) is 7.55. The van der Waals surface area contributed by atoms with E-state index in [1.54, 1.807) is 0 Å². The number of hydrogen-bond donors (Lipinski definition) is 1. The van der Waals surface area contributed by atoms with Crippen molar-refractivity contribution in [2.75, 3.05) is 19.6 Å². The zero-order chi connectivity index (χ0) is 13.5. The first-order valence-electron chi connectivity index (χ1n) is 7.06. The first-order chi connectivity index (χ1) is 8.58. The molecule has 2 nitrogen and oxygen atoms in total. The molecule has 0 amide bonds. The summed E-state index contributed by atoms with van der Waals surface area (Å²) in [5, 5.41) is 10.3. The quantitative estimate of drug-likeness (QED) is 0.800. The van der Waals surface area contributed by atoms with E-state index in [2.05, 4.69) is 44.7 Å². The zero-order valence-corrected chi connectivity index (χ0v) is 12.2. The number of rotatable bonds is 7. The molecule has 1 atom stereocenters. The minimum atomic E-state index is -0.373. The third-order valence-electron chi connectivity index (χ3n) is 3.43. The number of hydrogen-bond acceptors (Lipinski definition) is 2.